The first-order chi connectivity index (χ1) is 9.52. The highest BCUT2D eigenvalue weighted by Crippen LogP contribution is 2.18. The van der Waals surface area contributed by atoms with E-state index in [2.05, 4.69) is 19.2 Å². The van der Waals surface area contributed by atoms with Gasteiger partial charge in [-0.25, -0.2) is 0 Å². The fourth-order valence-electron chi connectivity index (χ4n) is 2.28. The maximum Gasteiger partial charge on any atom is 0.244 e. The zero-order valence-corrected chi connectivity index (χ0v) is 14.2. The van der Waals surface area contributed by atoms with E-state index in [1.165, 1.54) is 19.3 Å². The summed E-state index contributed by atoms with van der Waals surface area (Å²) < 4.78 is 0. The van der Waals surface area contributed by atoms with Crippen LogP contribution in [0.5, 0.6) is 0 Å². The zero-order valence-electron chi connectivity index (χ0n) is 13.4. The van der Waals surface area contributed by atoms with Crippen LogP contribution in [0.1, 0.15) is 52.0 Å². The Bertz CT molecular complexity index is 407. The quantitative estimate of drug-likeness (QED) is 0.770. The molecule has 3 N–H and O–H groups in total. The van der Waals surface area contributed by atoms with Gasteiger partial charge in [0.1, 0.15) is 5.54 Å². The summed E-state index contributed by atoms with van der Waals surface area (Å²) in [6, 6.07) is 9.53. The molecule has 0 aromatic heterocycles. The molecule has 1 aromatic rings. The number of carbonyl (C=O) groups excluding carboxylic acids is 1. The molecule has 0 saturated carbocycles. The molecule has 0 aliphatic rings. The van der Waals surface area contributed by atoms with Crippen molar-refractivity contribution in [1.29, 1.82) is 0 Å². The number of carbonyl (C=O) groups is 1. The Morgan fingerprint density at radius 2 is 1.90 bits per heavy atom. The normalized spacial score (nSPS) is 14.7. The summed E-state index contributed by atoms with van der Waals surface area (Å²) in [6.45, 7) is 6.85. The lowest BCUT2D eigenvalue weighted by Gasteiger charge is -2.25. The molecule has 0 bridgehead atoms. The molecule has 0 fully saturated rings. The largest absolute Gasteiger partial charge is 0.354 e. The number of rotatable bonds is 8. The molecule has 4 heteroatoms. The molecular weight excluding hydrogens is 284 g/mol. The Morgan fingerprint density at radius 1 is 1.29 bits per heavy atom. The van der Waals surface area contributed by atoms with E-state index in [1.807, 2.05) is 30.3 Å². The van der Waals surface area contributed by atoms with Crippen LogP contribution in [-0.2, 0) is 10.3 Å². The van der Waals surface area contributed by atoms with Gasteiger partial charge in [0.15, 0.2) is 0 Å². The highest BCUT2D eigenvalue weighted by molar-refractivity contribution is 5.87. The third-order valence-corrected chi connectivity index (χ3v) is 3.94. The van der Waals surface area contributed by atoms with Crippen LogP contribution >= 0.6 is 12.4 Å². The molecule has 1 rings (SSSR count). The molecule has 0 saturated heterocycles. The number of unbranched alkanes of at least 4 members (excludes halogenated alkanes) is 1. The molecule has 2 unspecified atom stereocenters. The first-order valence-corrected chi connectivity index (χ1v) is 7.65. The van der Waals surface area contributed by atoms with Crippen molar-refractivity contribution in [2.45, 2.75) is 52.0 Å². The van der Waals surface area contributed by atoms with Crippen molar-refractivity contribution in [2.75, 3.05) is 6.54 Å². The number of halogens is 1. The number of hydrogen-bond donors (Lipinski definition) is 2. The van der Waals surface area contributed by atoms with E-state index in [1.54, 1.807) is 6.92 Å². The second-order valence-corrected chi connectivity index (χ2v) is 5.69. The first-order valence-electron chi connectivity index (χ1n) is 7.65. The van der Waals surface area contributed by atoms with Gasteiger partial charge in [-0.3, -0.25) is 4.79 Å². The lowest BCUT2D eigenvalue weighted by molar-refractivity contribution is -0.126. The Kier molecular flexibility index (Phi) is 9.31. The van der Waals surface area contributed by atoms with Gasteiger partial charge in [0.25, 0.3) is 0 Å². The third-order valence-electron chi connectivity index (χ3n) is 3.94. The Labute approximate surface area is 135 Å². The highest BCUT2D eigenvalue weighted by atomic mass is 35.5. The second-order valence-electron chi connectivity index (χ2n) is 5.69. The number of benzene rings is 1. The van der Waals surface area contributed by atoms with E-state index in [0.29, 0.717) is 5.92 Å². The van der Waals surface area contributed by atoms with Gasteiger partial charge in [-0.2, -0.15) is 0 Å². The fourth-order valence-corrected chi connectivity index (χ4v) is 2.28. The Morgan fingerprint density at radius 3 is 2.43 bits per heavy atom. The highest BCUT2D eigenvalue weighted by Gasteiger charge is 2.30. The smallest absolute Gasteiger partial charge is 0.244 e. The van der Waals surface area contributed by atoms with Crippen LogP contribution in [0.4, 0.5) is 0 Å². The molecule has 0 aliphatic heterocycles. The van der Waals surface area contributed by atoms with Crippen molar-refractivity contribution < 1.29 is 4.79 Å². The topological polar surface area (TPSA) is 55.1 Å². The van der Waals surface area contributed by atoms with Crippen molar-refractivity contribution in [2.24, 2.45) is 11.7 Å². The standard InChI is InChI=1S/C17H28N2O.ClH/c1-4-6-10-14(5-2)13-19-16(20)17(3,18)15-11-8-7-9-12-15;/h7-9,11-12,14H,4-6,10,13,18H2,1-3H3,(H,19,20);1H. The summed E-state index contributed by atoms with van der Waals surface area (Å²) in [6.07, 6.45) is 4.67. The molecule has 2 atom stereocenters. The predicted octanol–water partition coefficient (Wildman–Crippen LogP) is 3.61. The van der Waals surface area contributed by atoms with Crippen molar-refractivity contribution in [1.82, 2.24) is 5.32 Å². The number of nitrogens with two attached hydrogens (primary N) is 1. The zero-order chi connectivity index (χ0) is 15.0. The summed E-state index contributed by atoms with van der Waals surface area (Å²) in [5.41, 5.74) is 6.08. The van der Waals surface area contributed by atoms with Gasteiger partial charge in [0.05, 0.1) is 0 Å². The molecule has 1 amide bonds. The average molecular weight is 313 g/mol. The summed E-state index contributed by atoms with van der Waals surface area (Å²) in [7, 11) is 0. The van der Waals surface area contributed by atoms with Gasteiger partial charge in [-0.15, -0.1) is 12.4 Å². The molecule has 0 radical (unpaired) electrons. The molecule has 120 valence electrons. The number of hydrogen-bond acceptors (Lipinski definition) is 2. The van der Waals surface area contributed by atoms with Crippen molar-refractivity contribution in [3.8, 4) is 0 Å². The van der Waals surface area contributed by atoms with Crippen molar-refractivity contribution >= 4 is 18.3 Å². The van der Waals surface area contributed by atoms with Gasteiger partial charge in [0.2, 0.25) is 5.91 Å². The van der Waals surface area contributed by atoms with E-state index in [9.17, 15) is 4.79 Å². The van der Waals surface area contributed by atoms with Crippen LogP contribution in [0.25, 0.3) is 0 Å². The predicted molar refractivity (Wildman–Crippen MR) is 91.5 cm³/mol. The molecule has 3 nitrogen and oxygen atoms in total. The molecule has 1 aromatic carbocycles. The average Bonchev–Trinajstić information content (AvgIpc) is 2.48. The first kappa shape index (κ1) is 19.9. The molecule has 0 aliphatic carbocycles. The lowest BCUT2D eigenvalue weighted by Crippen LogP contribution is -2.50. The van der Waals surface area contributed by atoms with E-state index in [4.69, 9.17) is 5.73 Å². The third kappa shape index (κ3) is 6.06. The Hall–Kier alpha value is -1.06. The van der Waals surface area contributed by atoms with Gasteiger partial charge >= 0.3 is 0 Å². The number of nitrogens with one attached hydrogen (secondary N) is 1. The van der Waals surface area contributed by atoms with Crippen LogP contribution in [-0.4, -0.2) is 12.5 Å². The van der Waals surface area contributed by atoms with Gasteiger partial charge < -0.3 is 11.1 Å². The molecule has 21 heavy (non-hydrogen) atoms. The van der Waals surface area contributed by atoms with Crippen LogP contribution in [0.2, 0.25) is 0 Å². The van der Waals surface area contributed by atoms with Crippen molar-refractivity contribution in [3.63, 3.8) is 0 Å². The molecule has 0 spiro atoms. The van der Waals surface area contributed by atoms with Crippen LogP contribution in [0, 0.1) is 5.92 Å². The maximum atomic E-state index is 12.3. The van der Waals surface area contributed by atoms with E-state index < -0.39 is 5.54 Å². The fraction of sp³-hybridized carbons (Fsp3) is 0.588. The lowest BCUT2D eigenvalue weighted by atomic mass is 9.91. The second kappa shape index (κ2) is 9.80. The van der Waals surface area contributed by atoms with E-state index >= 15 is 0 Å². The monoisotopic (exact) mass is 312 g/mol. The molecule has 0 heterocycles. The van der Waals surface area contributed by atoms with Gasteiger partial charge in [-0.05, 0) is 24.8 Å². The minimum atomic E-state index is -0.968. The summed E-state index contributed by atoms with van der Waals surface area (Å²) in [4.78, 5) is 12.3. The van der Waals surface area contributed by atoms with Crippen molar-refractivity contribution in [3.05, 3.63) is 35.9 Å². The summed E-state index contributed by atoms with van der Waals surface area (Å²) >= 11 is 0. The SMILES string of the molecule is CCCCC(CC)CNC(=O)C(C)(N)c1ccccc1.Cl. The van der Waals surface area contributed by atoms with Crippen LogP contribution < -0.4 is 11.1 Å². The van der Waals surface area contributed by atoms with E-state index in [0.717, 1.165) is 18.5 Å². The van der Waals surface area contributed by atoms with E-state index in [-0.39, 0.29) is 18.3 Å². The van der Waals surface area contributed by atoms with Crippen LogP contribution in [0.3, 0.4) is 0 Å². The summed E-state index contributed by atoms with van der Waals surface area (Å²) in [5.74, 6) is 0.448. The van der Waals surface area contributed by atoms with Gasteiger partial charge in [-0.1, -0.05) is 63.4 Å². The minimum Gasteiger partial charge on any atom is -0.354 e. The minimum absolute atomic E-state index is 0. The van der Waals surface area contributed by atoms with Crippen LogP contribution in [0.15, 0.2) is 30.3 Å². The maximum absolute atomic E-state index is 12.3. The molecular formula is C17H29ClN2O. The summed E-state index contributed by atoms with van der Waals surface area (Å²) in [5, 5.41) is 3.02. The van der Waals surface area contributed by atoms with Gasteiger partial charge in [0, 0.05) is 6.54 Å². The Balaban J connectivity index is 0.00000400. The number of amides is 1.